The number of rotatable bonds is 8. The molecule has 0 aliphatic rings. The molecule has 0 saturated heterocycles. The Kier molecular flexibility index (Phi) is 8.09. The average molecular weight is 338 g/mol. The molecule has 20 heavy (non-hydrogen) atoms. The molecule has 1 aromatic carbocycles. The van der Waals surface area contributed by atoms with E-state index in [1.807, 2.05) is 13.0 Å². The highest BCUT2D eigenvalue weighted by Gasteiger charge is 2.23. The van der Waals surface area contributed by atoms with Gasteiger partial charge in [-0.2, -0.15) is 0 Å². The fourth-order valence-corrected chi connectivity index (χ4v) is 3.44. The molecule has 1 unspecified atom stereocenters. The van der Waals surface area contributed by atoms with Crippen LogP contribution in [0.4, 0.5) is 0 Å². The third-order valence-electron chi connectivity index (χ3n) is 3.38. The summed E-state index contributed by atoms with van der Waals surface area (Å²) in [4.78, 5) is 0. The zero-order chi connectivity index (χ0) is 15.1. The van der Waals surface area contributed by atoms with Crippen molar-refractivity contribution < 1.29 is 4.74 Å². The summed E-state index contributed by atoms with van der Waals surface area (Å²) in [6.07, 6.45) is 4.44. The van der Waals surface area contributed by atoms with Crippen LogP contribution in [-0.4, -0.2) is 6.61 Å². The van der Waals surface area contributed by atoms with Gasteiger partial charge in [0.1, 0.15) is 5.75 Å². The van der Waals surface area contributed by atoms with E-state index < -0.39 is 0 Å². The Morgan fingerprint density at radius 1 is 1.00 bits per heavy atom. The highest BCUT2D eigenvalue weighted by Crippen LogP contribution is 2.42. The van der Waals surface area contributed by atoms with Gasteiger partial charge in [0.15, 0.2) is 0 Å². The lowest BCUT2D eigenvalue weighted by atomic mass is 9.90. The molecular formula is C16H23Cl3O. The van der Waals surface area contributed by atoms with Gasteiger partial charge in [0, 0.05) is 11.1 Å². The van der Waals surface area contributed by atoms with Gasteiger partial charge in [-0.3, -0.25) is 0 Å². The molecule has 0 spiro atoms. The monoisotopic (exact) mass is 336 g/mol. The molecular weight excluding hydrogens is 315 g/mol. The molecule has 0 fully saturated rings. The van der Waals surface area contributed by atoms with Gasteiger partial charge in [0.25, 0.3) is 0 Å². The summed E-state index contributed by atoms with van der Waals surface area (Å²) in [5.74, 6) is 1.05. The Bertz CT molecular complexity index is 414. The van der Waals surface area contributed by atoms with Gasteiger partial charge in [-0.1, -0.05) is 49.9 Å². The molecule has 0 amide bonds. The van der Waals surface area contributed by atoms with Crippen LogP contribution in [0.15, 0.2) is 12.1 Å². The third-order valence-corrected chi connectivity index (χ3v) is 4.60. The van der Waals surface area contributed by atoms with Crippen molar-refractivity contribution in [3.63, 3.8) is 0 Å². The second kappa shape index (κ2) is 9.02. The highest BCUT2D eigenvalue weighted by molar-refractivity contribution is 6.35. The number of halogens is 3. The lowest BCUT2D eigenvalue weighted by Crippen LogP contribution is -2.09. The lowest BCUT2D eigenvalue weighted by molar-refractivity contribution is 0.340. The van der Waals surface area contributed by atoms with Gasteiger partial charge in [-0.25, -0.2) is 0 Å². The second-order valence-electron chi connectivity index (χ2n) is 4.98. The lowest BCUT2D eigenvalue weighted by Gasteiger charge is -2.23. The summed E-state index contributed by atoms with van der Waals surface area (Å²) in [7, 11) is 0. The van der Waals surface area contributed by atoms with Crippen LogP contribution >= 0.6 is 34.8 Å². The maximum atomic E-state index is 6.65. The molecule has 1 aromatic rings. The van der Waals surface area contributed by atoms with Crippen LogP contribution in [0.2, 0.25) is 10.0 Å². The van der Waals surface area contributed by atoms with Crippen LogP contribution in [0.1, 0.15) is 57.4 Å². The summed E-state index contributed by atoms with van der Waals surface area (Å²) in [6.45, 7) is 6.84. The normalized spacial score (nSPS) is 12.8. The van der Waals surface area contributed by atoms with Gasteiger partial charge < -0.3 is 4.74 Å². The first-order valence-electron chi connectivity index (χ1n) is 7.30. The molecule has 0 aromatic heterocycles. The smallest absolute Gasteiger partial charge is 0.139 e. The topological polar surface area (TPSA) is 9.23 Å². The first kappa shape index (κ1) is 17.9. The summed E-state index contributed by atoms with van der Waals surface area (Å²) < 4.78 is 5.45. The SMILES string of the molecule is CCCC(CCC)C(Cl)c1cc(Cl)c(OCC)cc1Cl. The van der Waals surface area contributed by atoms with Gasteiger partial charge in [0.2, 0.25) is 0 Å². The second-order valence-corrected chi connectivity index (χ2v) is 6.26. The number of hydrogen-bond donors (Lipinski definition) is 0. The Balaban J connectivity index is 3.02. The largest absolute Gasteiger partial charge is 0.492 e. The van der Waals surface area contributed by atoms with Crippen molar-refractivity contribution in [1.82, 2.24) is 0 Å². The van der Waals surface area contributed by atoms with E-state index >= 15 is 0 Å². The van der Waals surface area contributed by atoms with E-state index in [4.69, 9.17) is 39.5 Å². The molecule has 0 bridgehead atoms. The van der Waals surface area contributed by atoms with Crippen molar-refractivity contribution in [2.24, 2.45) is 5.92 Å². The van der Waals surface area contributed by atoms with Crippen LogP contribution in [0.25, 0.3) is 0 Å². The summed E-state index contributed by atoms with van der Waals surface area (Å²) in [6, 6.07) is 3.62. The Morgan fingerprint density at radius 3 is 2.10 bits per heavy atom. The van der Waals surface area contributed by atoms with Crippen molar-refractivity contribution >= 4 is 34.8 Å². The van der Waals surface area contributed by atoms with E-state index in [-0.39, 0.29) is 5.38 Å². The van der Waals surface area contributed by atoms with E-state index in [9.17, 15) is 0 Å². The molecule has 0 aliphatic carbocycles. The van der Waals surface area contributed by atoms with Gasteiger partial charge in [-0.05, 0) is 37.3 Å². The first-order valence-corrected chi connectivity index (χ1v) is 8.50. The molecule has 0 aliphatic heterocycles. The van der Waals surface area contributed by atoms with Crippen LogP contribution in [0, 0.1) is 5.92 Å². The minimum absolute atomic E-state index is 0.101. The predicted molar refractivity (Wildman–Crippen MR) is 89.5 cm³/mol. The van der Waals surface area contributed by atoms with Crippen molar-refractivity contribution in [2.75, 3.05) is 6.61 Å². The number of alkyl halides is 1. The van der Waals surface area contributed by atoms with Crippen LogP contribution in [0.5, 0.6) is 5.75 Å². The van der Waals surface area contributed by atoms with E-state index in [0.717, 1.165) is 31.2 Å². The standard InChI is InChI=1S/C16H23Cl3O/c1-4-7-11(8-5-2)16(19)12-9-14(18)15(20-6-3)10-13(12)17/h9-11,16H,4-8H2,1-3H3. The molecule has 114 valence electrons. The molecule has 0 radical (unpaired) electrons. The van der Waals surface area contributed by atoms with Crippen molar-refractivity contribution in [2.45, 2.75) is 51.8 Å². The summed E-state index contributed by atoms with van der Waals surface area (Å²) >= 11 is 19.2. The Hall–Kier alpha value is -0.110. The molecule has 0 saturated carbocycles. The predicted octanol–water partition coefficient (Wildman–Crippen LogP) is 6.89. The summed E-state index contributed by atoms with van der Waals surface area (Å²) in [5.41, 5.74) is 0.911. The minimum Gasteiger partial charge on any atom is -0.492 e. The fourth-order valence-electron chi connectivity index (χ4n) is 2.45. The maximum absolute atomic E-state index is 6.65. The molecule has 0 heterocycles. The van der Waals surface area contributed by atoms with E-state index in [0.29, 0.717) is 28.3 Å². The zero-order valence-corrected chi connectivity index (χ0v) is 14.7. The van der Waals surface area contributed by atoms with Gasteiger partial charge >= 0.3 is 0 Å². The number of benzene rings is 1. The first-order chi connectivity index (χ1) is 9.54. The van der Waals surface area contributed by atoms with Crippen molar-refractivity contribution in [3.8, 4) is 5.75 Å². The number of hydrogen-bond acceptors (Lipinski definition) is 1. The Labute approximate surface area is 137 Å². The van der Waals surface area contributed by atoms with Gasteiger partial charge in [0.05, 0.1) is 17.0 Å². The molecule has 1 atom stereocenters. The van der Waals surface area contributed by atoms with Crippen molar-refractivity contribution in [1.29, 1.82) is 0 Å². The van der Waals surface area contributed by atoms with E-state index in [1.165, 1.54) is 0 Å². The minimum atomic E-state index is -0.101. The molecule has 1 nitrogen and oxygen atoms in total. The third kappa shape index (κ3) is 4.72. The van der Waals surface area contributed by atoms with Gasteiger partial charge in [-0.15, -0.1) is 11.6 Å². The van der Waals surface area contributed by atoms with E-state index in [1.54, 1.807) is 6.07 Å². The van der Waals surface area contributed by atoms with Crippen molar-refractivity contribution in [3.05, 3.63) is 27.7 Å². The molecule has 0 N–H and O–H groups in total. The van der Waals surface area contributed by atoms with Crippen LogP contribution in [-0.2, 0) is 0 Å². The quantitative estimate of drug-likeness (QED) is 0.469. The Morgan fingerprint density at radius 2 is 1.60 bits per heavy atom. The van der Waals surface area contributed by atoms with Crippen LogP contribution < -0.4 is 4.74 Å². The summed E-state index contributed by atoms with van der Waals surface area (Å²) in [5, 5.41) is 1.11. The van der Waals surface area contributed by atoms with E-state index in [2.05, 4.69) is 13.8 Å². The molecule has 1 rings (SSSR count). The number of ether oxygens (including phenoxy) is 1. The highest BCUT2D eigenvalue weighted by atomic mass is 35.5. The maximum Gasteiger partial charge on any atom is 0.139 e. The average Bonchev–Trinajstić information content (AvgIpc) is 2.42. The molecule has 4 heteroatoms. The zero-order valence-electron chi connectivity index (χ0n) is 12.4. The van der Waals surface area contributed by atoms with Crippen LogP contribution in [0.3, 0.4) is 0 Å². The fraction of sp³-hybridized carbons (Fsp3) is 0.625.